The van der Waals surface area contributed by atoms with Crippen LogP contribution in [0, 0.1) is 0 Å². The summed E-state index contributed by atoms with van der Waals surface area (Å²) in [6, 6.07) is 0. The smallest absolute Gasteiger partial charge is 0.466 e. The summed E-state index contributed by atoms with van der Waals surface area (Å²) in [6.07, 6.45) is 1.01. The highest BCUT2D eigenvalue weighted by Gasteiger charge is 2.10. The van der Waals surface area contributed by atoms with Gasteiger partial charge in [-0.15, -0.1) is 6.58 Å². The van der Waals surface area contributed by atoms with E-state index in [0.717, 1.165) is 0 Å². The Morgan fingerprint density at radius 1 is 1.58 bits per heavy atom. The zero-order valence-electron chi connectivity index (χ0n) is 7.12. The van der Waals surface area contributed by atoms with E-state index in [0.29, 0.717) is 24.9 Å². The molecule has 5 heteroatoms. The molecule has 0 bridgehead atoms. The molecule has 0 aromatic carbocycles. The monoisotopic (exact) mass is 172 g/mol. The normalized spacial score (nSPS) is 9.25. The molecule has 0 saturated heterocycles. The molecule has 0 spiro atoms. The second kappa shape index (κ2) is 5.80. The highest BCUT2D eigenvalue weighted by molar-refractivity contribution is 6.50. The number of hydrogen-bond donors (Lipinski definition) is 2. The first-order chi connectivity index (χ1) is 5.54. The zero-order chi connectivity index (χ0) is 9.56. The summed E-state index contributed by atoms with van der Waals surface area (Å²) >= 11 is 0. The number of carbonyl (C=O) groups is 1. The van der Waals surface area contributed by atoms with Crippen LogP contribution < -0.4 is 0 Å². The van der Waals surface area contributed by atoms with E-state index in [1.54, 1.807) is 0 Å². The second-order valence-electron chi connectivity index (χ2n) is 2.48. The molecule has 12 heavy (non-hydrogen) atoms. The van der Waals surface area contributed by atoms with Crippen molar-refractivity contribution in [3.05, 3.63) is 12.1 Å². The van der Waals surface area contributed by atoms with Crippen LogP contribution in [0.5, 0.6) is 0 Å². The Kier molecular flexibility index (Phi) is 5.41. The van der Waals surface area contributed by atoms with Crippen molar-refractivity contribution >= 4 is 13.1 Å². The number of rotatable bonds is 5. The van der Waals surface area contributed by atoms with Crippen molar-refractivity contribution in [2.75, 3.05) is 6.61 Å². The van der Waals surface area contributed by atoms with Crippen molar-refractivity contribution in [2.24, 2.45) is 0 Å². The summed E-state index contributed by atoms with van der Waals surface area (Å²) in [6.45, 7) is 5.05. The van der Waals surface area contributed by atoms with E-state index < -0.39 is 7.12 Å². The third-order valence-corrected chi connectivity index (χ3v) is 1.31. The Bertz CT molecular complexity index is 167. The van der Waals surface area contributed by atoms with Crippen LogP contribution in [-0.4, -0.2) is 29.7 Å². The predicted octanol–water partition coefficient (Wildman–Crippen LogP) is -0.102. The summed E-state index contributed by atoms with van der Waals surface area (Å²) < 4.78 is 4.63. The second-order valence-corrected chi connectivity index (χ2v) is 2.48. The lowest BCUT2D eigenvalue weighted by molar-refractivity contribution is -0.141. The average molecular weight is 172 g/mol. The first kappa shape index (κ1) is 11.2. The van der Waals surface area contributed by atoms with E-state index in [1.807, 2.05) is 0 Å². The molecule has 4 nitrogen and oxygen atoms in total. The van der Waals surface area contributed by atoms with Gasteiger partial charge in [-0.25, -0.2) is 0 Å². The van der Waals surface area contributed by atoms with Crippen LogP contribution in [0.4, 0.5) is 0 Å². The van der Waals surface area contributed by atoms with E-state index >= 15 is 0 Å². The Labute approximate surface area is 72.0 Å². The van der Waals surface area contributed by atoms with Crippen LogP contribution >= 0.6 is 0 Å². The first-order valence-electron chi connectivity index (χ1n) is 3.71. The van der Waals surface area contributed by atoms with Gasteiger partial charge in [-0.1, -0.05) is 0 Å². The molecule has 0 unspecified atom stereocenters. The van der Waals surface area contributed by atoms with E-state index in [-0.39, 0.29) is 5.97 Å². The summed E-state index contributed by atoms with van der Waals surface area (Å²) in [7, 11) is -1.47. The van der Waals surface area contributed by atoms with Gasteiger partial charge in [0.25, 0.3) is 0 Å². The van der Waals surface area contributed by atoms with Crippen LogP contribution in [0.25, 0.3) is 0 Å². The maximum Gasteiger partial charge on any atom is 0.483 e. The SMILES string of the molecule is C=C(CCCOC(C)=O)B(O)O. The van der Waals surface area contributed by atoms with E-state index in [9.17, 15) is 4.79 Å². The molecular weight excluding hydrogens is 159 g/mol. The van der Waals surface area contributed by atoms with Gasteiger partial charge in [0.2, 0.25) is 0 Å². The highest BCUT2D eigenvalue weighted by Crippen LogP contribution is 2.03. The molecule has 0 aromatic rings. The van der Waals surface area contributed by atoms with Crippen molar-refractivity contribution in [2.45, 2.75) is 19.8 Å². The van der Waals surface area contributed by atoms with Gasteiger partial charge in [0.05, 0.1) is 6.61 Å². The van der Waals surface area contributed by atoms with Crippen molar-refractivity contribution < 1.29 is 19.6 Å². The lowest BCUT2D eigenvalue weighted by Gasteiger charge is -2.03. The first-order valence-corrected chi connectivity index (χ1v) is 3.71. The van der Waals surface area contributed by atoms with Gasteiger partial charge < -0.3 is 14.8 Å². The van der Waals surface area contributed by atoms with Gasteiger partial charge in [-0.05, 0) is 18.3 Å². The van der Waals surface area contributed by atoms with E-state index in [4.69, 9.17) is 10.0 Å². The molecule has 0 saturated carbocycles. The minimum absolute atomic E-state index is 0.293. The molecule has 0 aliphatic rings. The molecule has 0 aliphatic heterocycles. The van der Waals surface area contributed by atoms with Crippen molar-refractivity contribution in [1.82, 2.24) is 0 Å². The topological polar surface area (TPSA) is 66.8 Å². The van der Waals surface area contributed by atoms with Gasteiger partial charge in [0, 0.05) is 6.92 Å². The minimum Gasteiger partial charge on any atom is -0.466 e. The molecular formula is C7H13BO4. The summed E-state index contributed by atoms with van der Waals surface area (Å²) in [5, 5.41) is 17.2. The van der Waals surface area contributed by atoms with E-state index in [1.165, 1.54) is 6.92 Å². The number of ether oxygens (including phenoxy) is 1. The third-order valence-electron chi connectivity index (χ3n) is 1.31. The fraction of sp³-hybridized carbons (Fsp3) is 0.571. The number of hydrogen-bond acceptors (Lipinski definition) is 4. The van der Waals surface area contributed by atoms with Crippen molar-refractivity contribution in [3.63, 3.8) is 0 Å². The predicted molar refractivity (Wildman–Crippen MR) is 45.2 cm³/mol. The Balaban J connectivity index is 3.32. The Morgan fingerprint density at radius 3 is 2.58 bits per heavy atom. The lowest BCUT2D eigenvalue weighted by atomic mass is 9.78. The molecule has 0 amide bonds. The summed E-state index contributed by atoms with van der Waals surface area (Å²) in [4.78, 5) is 10.3. The molecule has 0 rings (SSSR count). The third kappa shape index (κ3) is 5.94. The summed E-state index contributed by atoms with van der Waals surface area (Å²) in [5.41, 5.74) is 0.335. The van der Waals surface area contributed by atoms with Crippen LogP contribution in [0.15, 0.2) is 12.1 Å². The Morgan fingerprint density at radius 2 is 2.17 bits per heavy atom. The quantitative estimate of drug-likeness (QED) is 0.345. The molecule has 0 aromatic heterocycles. The minimum atomic E-state index is -1.47. The number of carbonyl (C=O) groups excluding carboxylic acids is 1. The van der Waals surface area contributed by atoms with Gasteiger partial charge in [0.15, 0.2) is 0 Å². The summed E-state index contributed by atoms with van der Waals surface area (Å²) in [5.74, 6) is -0.329. The lowest BCUT2D eigenvalue weighted by Crippen LogP contribution is -2.15. The standard InChI is InChI=1S/C7H13BO4/c1-6(8(10)11)4-3-5-12-7(2)9/h10-11H,1,3-5H2,2H3. The van der Waals surface area contributed by atoms with Crippen molar-refractivity contribution in [3.8, 4) is 0 Å². The van der Waals surface area contributed by atoms with Crippen LogP contribution in [-0.2, 0) is 9.53 Å². The van der Waals surface area contributed by atoms with Gasteiger partial charge in [-0.2, -0.15) is 0 Å². The molecule has 0 atom stereocenters. The zero-order valence-corrected chi connectivity index (χ0v) is 7.12. The van der Waals surface area contributed by atoms with Crippen LogP contribution in [0.2, 0.25) is 0 Å². The van der Waals surface area contributed by atoms with Gasteiger partial charge >= 0.3 is 13.1 Å². The van der Waals surface area contributed by atoms with Crippen LogP contribution in [0.1, 0.15) is 19.8 Å². The molecule has 0 fully saturated rings. The largest absolute Gasteiger partial charge is 0.483 e. The molecule has 0 aliphatic carbocycles. The molecule has 2 N–H and O–H groups in total. The molecule has 0 radical (unpaired) electrons. The van der Waals surface area contributed by atoms with E-state index in [2.05, 4.69) is 11.3 Å². The number of esters is 1. The van der Waals surface area contributed by atoms with Gasteiger partial charge in [0.1, 0.15) is 0 Å². The maximum absolute atomic E-state index is 10.3. The fourth-order valence-electron chi connectivity index (χ4n) is 0.644. The van der Waals surface area contributed by atoms with Crippen molar-refractivity contribution in [1.29, 1.82) is 0 Å². The molecule has 0 heterocycles. The number of allylic oxidation sites excluding steroid dienone is 1. The average Bonchev–Trinajstić information content (AvgIpc) is 1.97. The maximum atomic E-state index is 10.3. The van der Waals surface area contributed by atoms with Gasteiger partial charge in [-0.3, -0.25) is 4.79 Å². The highest BCUT2D eigenvalue weighted by atomic mass is 16.5. The molecule has 68 valence electrons. The fourth-order valence-corrected chi connectivity index (χ4v) is 0.644. The van der Waals surface area contributed by atoms with Crippen LogP contribution in [0.3, 0.4) is 0 Å². The Hall–Kier alpha value is -0.805.